The molecule has 16 heavy (non-hydrogen) atoms. The number of aliphatic hydroxyl groups excluding tert-OH is 1. The second kappa shape index (κ2) is 3.35. The summed E-state index contributed by atoms with van der Waals surface area (Å²) < 4.78 is 5.77. The van der Waals surface area contributed by atoms with Crippen LogP contribution in [0.3, 0.4) is 0 Å². The van der Waals surface area contributed by atoms with Gasteiger partial charge in [0.1, 0.15) is 17.6 Å². The van der Waals surface area contributed by atoms with E-state index in [0.717, 1.165) is 28.2 Å². The summed E-state index contributed by atoms with van der Waals surface area (Å²) in [6.45, 7) is 1.99. The highest BCUT2D eigenvalue weighted by atomic mass is 16.5. The van der Waals surface area contributed by atoms with E-state index in [1.165, 1.54) is 0 Å². The zero-order chi connectivity index (χ0) is 11.1. The Hall–Kier alpha value is -1.80. The number of para-hydroxylation sites is 1. The van der Waals surface area contributed by atoms with Crippen molar-refractivity contribution in [3.8, 4) is 11.5 Å². The second-order valence-electron chi connectivity index (χ2n) is 4.03. The van der Waals surface area contributed by atoms with E-state index in [2.05, 4.69) is 0 Å². The second-order valence-corrected chi connectivity index (χ2v) is 4.03. The molecule has 1 aliphatic rings. The summed E-state index contributed by atoms with van der Waals surface area (Å²) >= 11 is 0. The Morgan fingerprint density at radius 1 is 1.00 bits per heavy atom. The van der Waals surface area contributed by atoms with E-state index >= 15 is 0 Å². The predicted molar refractivity (Wildman–Crippen MR) is 61.8 cm³/mol. The number of aryl methyl sites for hydroxylation is 1. The van der Waals surface area contributed by atoms with Gasteiger partial charge in [0.05, 0.1) is 0 Å². The highest BCUT2D eigenvalue weighted by Crippen LogP contribution is 2.43. The maximum absolute atomic E-state index is 10.3. The topological polar surface area (TPSA) is 29.5 Å². The van der Waals surface area contributed by atoms with Crippen molar-refractivity contribution in [2.24, 2.45) is 0 Å². The van der Waals surface area contributed by atoms with E-state index in [9.17, 15) is 5.11 Å². The summed E-state index contributed by atoms with van der Waals surface area (Å²) in [5.41, 5.74) is 2.77. The first-order valence-electron chi connectivity index (χ1n) is 5.32. The first-order chi connectivity index (χ1) is 7.77. The van der Waals surface area contributed by atoms with Crippen molar-refractivity contribution in [1.29, 1.82) is 0 Å². The Bertz CT molecular complexity index is 546. The van der Waals surface area contributed by atoms with Gasteiger partial charge < -0.3 is 9.84 Å². The highest BCUT2D eigenvalue weighted by molar-refractivity contribution is 5.54. The molecule has 2 aromatic rings. The van der Waals surface area contributed by atoms with E-state index in [4.69, 9.17) is 4.74 Å². The Balaban J connectivity index is 2.23. The molecule has 0 aliphatic carbocycles. The lowest BCUT2D eigenvalue weighted by Crippen LogP contribution is -2.10. The van der Waals surface area contributed by atoms with Crippen molar-refractivity contribution >= 4 is 0 Å². The van der Waals surface area contributed by atoms with Crippen LogP contribution in [0.4, 0.5) is 0 Å². The van der Waals surface area contributed by atoms with Crippen molar-refractivity contribution in [3.05, 3.63) is 59.2 Å². The van der Waals surface area contributed by atoms with Gasteiger partial charge in [0, 0.05) is 11.1 Å². The molecular weight excluding hydrogens is 200 g/mol. The third-order valence-electron chi connectivity index (χ3n) is 2.99. The van der Waals surface area contributed by atoms with Crippen LogP contribution in [0.2, 0.25) is 0 Å². The van der Waals surface area contributed by atoms with E-state index in [1.54, 1.807) is 0 Å². The molecule has 1 heterocycles. The highest BCUT2D eigenvalue weighted by Gasteiger charge is 2.26. The summed E-state index contributed by atoms with van der Waals surface area (Å²) in [4.78, 5) is 0. The van der Waals surface area contributed by atoms with Crippen LogP contribution in [0, 0.1) is 6.92 Å². The van der Waals surface area contributed by atoms with Crippen LogP contribution < -0.4 is 4.74 Å². The lowest BCUT2D eigenvalue weighted by molar-refractivity contribution is 0.202. The number of hydrogen-bond donors (Lipinski definition) is 1. The molecule has 3 rings (SSSR count). The van der Waals surface area contributed by atoms with Crippen LogP contribution in [-0.2, 0) is 0 Å². The molecular formula is C14H12O2. The molecule has 0 fully saturated rings. The maximum Gasteiger partial charge on any atom is 0.133 e. The molecule has 0 aromatic heterocycles. The first-order valence-corrected chi connectivity index (χ1v) is 5.32. The molecule has 2 nitrogen and oxygen atoms in total. The molecule has 1 aliphatic heterocycles. The smallest absolute Gasteiger partial charge is 0.133 e. The van der Waals surface area contributed by atoms with Crippen LogP contribution in [-0.4, -0.2) is 5.11 Å². The lowest BCUT2D eigenvalue weighted by Gasteiger charge is -2.25. The zero-order valence-electron chi connectivity index (χ0n) is 8.97. The molecule has 0 bridgehead atoms. The van der Waals surface area contributed by atoms with Gasteiger partial charge in [0.2, 0.25) is 0 Å². The molecule has 1 unspecified atom stereocenters. The van der Waals surface area contributed by atoms with Crippen molar-refractivity contribution in [3.63, 3.8) is 0 Å². The summed E-state index contributed by atoms with van der Waals surface area (Å²) in [6.07, 6.45) is -0.582. The number of hydrogen-bond acceptors (Lipinski definition) is 2. The lowest BCUT2D eigenvalue weighted by atomic mass is 9.94. The van der Waals surface area contributed by atoms with Gasteiger partial charge in [0.15, 0.2) is 0 Å². The Morgan fingerprint density at radius 3 is 2.62 bits per heavy atom. The summed E-state index contributed by atoms with van der Waals surface area (Å²) in [6, 6.07) is 13.4. The largest absolute Gasteiger partial charge is 0.457 e. The zero-order valence-corrected chi connectivity index (χ0v) is 8.97. The molecule has 2 aromatic carbocycles. The minimum absolute atomic E-state index is 0.582. The number of ether oxygens (including phenoxy) is 1. The number of fused-ring (bicyclic) bond motifs is 2. The molecule has 1 N–H and O–H groups in total. The molecule has 0 radical (unpaired) electrons. The fraction of sp³-hybridized carbons (Fsp3) is 0.143. The molecule has 0 saturated carbocycles. The monoisotopic (exact) mass is 212 g/mol. The van der Waals surface area contributed by atoms with Crippen molar-refractivity contribution in [1.82, 2.24) is 0 Å². The van der Waals surface area contributed by atoms with Gasteiger partial charge >= 0.3 is 0 Å². The van der Waals surface area contributed by atoms with Crippen molar-refractivity contribution in [2.45, 2.75) is 13.0 Å². The molecule has 2 heteroatoms. The summed E-state index contributed by atoms with van der Waals surface area (Å²) in [5, 5.41) is 10.3. The normalized spacial score (nSPS) is 17.2. The van der Waals surface area contributed by atoms with Crippen LogP contribution in [0.25, 0.3) is 0 Å². The fourth-order valence-corrected chi connectivity index (χ4v) is 2.17. The molecule has 0 amide bonds. The van der Waals surface area contributed by atoms with Gasteiger partial charge in [-0.15, -0.1) is 0 Å². The Labute approximate surface area is 94.1 Å². The van der Waals surface area contributed by atoms with E-state index in [0.29, 0.717) is 0 Å². The number of aliphatic hydroxyl groups is 1. The van der Waals surface area contributed by atoms with Crippen LogP contribution in [0.1, 0.15) is 22.8 Å². The SMILES string of the molecule is Cc1cccc2c1C(O)c1ccccc1O2. The van der Waals surface area contributed by atoms with E-state index < -0.39 is 6.10 Å². The molecule has 80 valence electrons. The van der Waals surface area contributed by atoms with Crippen LogP contribution >= 0.6 is 0 Å². The Morgan fingerprint density at radius 2 is 1.75 bits per heavy atom. The standard InChI is InChI=1S/C14H12O2/c1-9-5-4-8-12-13(9)14(15)10-6-2-3-7-11(10)16-12/h2-8,14-15H,1H3. The average molecular weight is 212 g/mol. The van der Waals surface area contributed by atoms with Crippen molar-refractivity contribution in [2.75, 3.05) is 0 Å². The molecule has 1 atom stereocenters. The first kappa shape index (κ1) is 9.43. The van der Waals surface area contributed by atoms with E-state index in [1.807, 2.05) is 49.4 Å². The number of benzene rings is 2. The minimum Gasteiger partial charge on any atom is -0.457 e. The predicted octanol–water partition coefficient (Wildman–Crippen LogP) is 3.18. The van der Waals surface area contributed by atoms with Gasteiger partial charge in [-0.25, -0.2) is 0 Å². The van der Waals surface area contributed by atoms with Gasteiger partial charge in [0.25, 0.3) is 0 Å². The average Bonchev–Trinajstić information content (AvgIpc) is 2.29. The van der Waals surface area contributed by atoms with E-state index in [-0.39, 0.29) is 0 Å². The molecule has 0 saturated heterocycles. The third kappa shape index (κ3) is 1.24. The van der Waals surface area contributed by atoms with Gasteiger partial charge in [-0.1, -0.05) is 30.3 Å². The number of rotatable bonds is 0. The van der Waals surface area contributed by atoms with Gasteiger partial charge in [-0.05, 0) is 24.6 Å². The van der Waals surface area contributed by atoms with Crippen molar-refractivity contribution < 1.29 is 9.84 Å². The van der Waals surface area contributed by atoms with Gasteiger partial charge in [-0.2, -0.15) is 0 Å². The fourth-order valence-electron chi connectivity index (χ4n) is 2.17. The third-order valence-corrected chi connectivity index (χ3v) is 2.99. The quantitative estimate of drug-likeness (QED) is 0.726. The molecule has 0 spiro atoms. The Kier molecular flexibility index (Phi) is 1.98. The maximum atomic E-state index is 10.3. The minimum atomic E-state index is -0.582. The van der Waals surface area contributed by atoms with Crippen LogP contribution in [0.15, 0.2) is 42.5 Å². The van der Waals surface area contributed by atoms with Crippen LogP contribution in [0.5, 0.6) is 11.5 Å². The summed E-state index contributed by atoms with van der Waals surface area (Å²) in [7, 11) is 0. The summed E-state index contributed by atoms with van der Waals surface area (Å²) in [5.74, 6) is 1.50. The van der Waals surface area contributed by atoms with Gasteiger partial charge in [-0.3, -0.25) is 0 Å².